The first-order valence-electron chi connectivity index (χ1n) is 26.8. The summed E-state index contributed by atoms with van der Waals surface area (Å²) in [6.07, 6.45) is 0. The zero-order valence-corrected chi connectivity index (χ0v) is 43.0. The molecule has 0 saturated heterocycles. The first-order valence-corrected chi connectivity index (χ1v) is 26.8. The van der Waals surface area contributed by atoms with Gasteiger partial charge in [0.05, 0.1) is 16.7 Å². The van der Waals surface area contributed by atoms with Crippen LogP contribution in [0.4, 0.5) is 0 Å². The number of para-hydroxylation sites is 3. The lowest BCUT2D eigenvalue weighted by atomic mass is 9.82. The predicted molar refractivity (Wildman–Crippen MR) is 321 cm³/mol. The first kappa shape index (κ1) is 43.8. The Labute approximate surface area is 452 Å². The van der Waals surface area contributed by atoms with Gasteiger partial charge in [-0.1, -0.05) is 172 Å². The van der Waals surface area contributed by atoms with E-state index in [0.29, 0.717) is 17.5 Å². The van der Waals surface area contributed by atoms with Gasteiger partial charge in [0.25, 0.3) is 0 Å². The van der Waals surface area contributed by atoms with Crippen molar-refractivity contribution in [1.82, 2.24) is 19.5 Å². The van der Waals surface area contributed by atoms with Gasteiger partial charge in [-0.05, 0) is 106 Å². The number of furan rings is 3. The lowest BCUT2D eigenvalue weighted by molar-refractivity contribution is 0.660. The van der Waals surface area contributed by atoms with Crippen molar-refractivity contribution in [3.63, 3.8) is 0 Å². The van der Waals surface area contributed by atoms with Crippen LogP contribution in [0.15, 0.2) is 244 Å². The highest BCUT2D eigenvalue weighted by atomic mass is 16.3. The van der Waals surface area contributed by atoms with Crippen LogP contribution in [0, 0.1) is 0 Å². The molecule has 0 aliphatic heterocycles. The standard InChI is InChI=1S/C72H44N4O3/c1-72(2)56-23-9-6-19-52(56)67-57(72)24-14-26-60(67)76-58-25-10-7-17-47(58)54-37-42(31-35-59(54)76)43-29-33-50-51-21-12-20-46(68(51)79-65(50)39-43)44-32-36-62-55(38-44)66-53(22-13-28-63(66)77-62)71-74-69(41-15-4-3-5-16-41)73-70(75-71)45-30-34-49-48-18-8-11-27-61(48)78-64(49)40-45/h3-40H,1-2H3. The summed E-state index contributed by atoms with van der Waals surface area (Å²) >= 11 is 0. The highest BCUT2D eigenvalue weighted by molar-refractivity contribution is 6.16. The Morgan fingerprint density at radius 3 is 1.81 bits per heavy atom. The van der Waals surface area contributed by atoms with E-state index in [1.54, 1.807) is 0 Å². The molecule has 0 N–H and O–H groups in total. The van der Waals surface area contributed by atoms with Crippen molar-refractivity contribution in [2.24, 2.45) is 0 Å². The zero-order chi connectivity index (χ0) is 52.1. The van der Waals surface area contributed by atoms with Crippen LogP contribution in [0.2, 0.25) is 0 Å². The van der Waals surface area contributed by atoms with Gasteiger partial charge in [0.1, 0.15) is 33.5 Å². The molecular weight excluding hydrogens is 969 g/mol. The summed E-state index contributed by atoms with van der Waals surface area (Å²) in [4.78, 5) is 15.5. The second-order valence-electron chi connectivity index (χ2n) is 21.4. The molecule has 11 aromatic carbocycles. The van der Waals surface area contributed by atoms with Crippen molar-refractivity contribution in [2.75, 3.05) is 0 Å². The third-order valence-corrected chi connectivity index (χ3v) is 16.7. The van der Waals surface area contributed by atoms with E-state index in [1.807, 2.05) is 66.7 Å². The van der Waals surface area contributed by atoms with Crippen LogP contribution in [0.3, 0.4) is 0 Å². The Bertz CT molecular complexity index is 5250. The molecule has 79 heavy (non-hydrogen) atoms. The fraction of sp³-hybridized carbons (Fsp3) is 0.0417. The first-order chi connectivity index (χ1) is 38.9. The molecule has 16 aromatic rings. The largest absolute Gasteiger partial charge is 0.456 e. The Balaban J connectivity index is 0.772. The molecule has 5 aromatic heterocycles. The van der Waals surface area contributed by atoms with E-state index in [0.717, 1.165) is 105 Å². The molecule has 0 fully saturated rings. The average Bonchev–Trinajstić information content (AvgIpc) is 4.44. The fourth-order valence-electron chi connectivity index (χ4n) is 12.9. The van der Waals surface area contributed by atoms with Crippen LogP contribution in [-0.4, -0.2) is 19.5 Å². The Morgan fingerprint density at radius 1 is 0.329 bits per heavy atom. The maximum atomic E-state index is 6.98. The predicted octanol–water partition coefficient (Wildman–Crippen LogP) is 19.3. The molecule has 5 heterocycles. The summed E-state index contributed by atoms with van der Waals surface area (Å²) in [5.74, 6) is 1.67. The normalized spacial score (nSPS) is 13.0. The van der Waals surface area contributed by atoms with Gasteiger partial charge in [0.15, 0.2) is 17.5 Å². The average molecular weight is 1010 g/mol. The van der Waals surface area contributed by atoms with E-state index in [4.69, 9.17) is 28.2 Å². The molecule has 0 radical (unpaired) electrons. The monoisotopic (exact) mass is 1010 g/mol. The number of hydrogen-bond donors (Lipinski definition) is 0. The number of fused-ring (bicyclic) bond motifs is 15. The van der Waals surface area contributed by atoms with Crippen molar-refractivity contribution in [2.45, 2.75) is 19.3 Å². The van der Waals surface area contributed by atoms with E-state index >= 15 is 0 Å². The third-order valence-electron chi connectivity index (χ3n) is 16.7. The van der Waals surface area contributed by atoms with Gasteiger partial charge in [0.2, 0.25) is 0 Å². The van der Waals surface area contributed by atoms with Crippen molar-refractivity contribution < 1.29 is 13.3 Å². The second-order valence-corrected chi connectivity index (χ2v) is 21.4. The van der Waals surface area contributed by atoms with Gasteiger partial charge in [-0.25, -0.2) is 15.0 Å². The number of nitrogens with zero attached hydrogens (tertiary/aromatic N) is 4. The topological polar surface area (TPSA) is 83.0 Å². The molecule has 17 rings (SSSR count). The summed E-state index contributed by atoms with van der Waals surface area (Å²) in [5, 5.41) is 8.54. The maximum absolute atomic E-state index is 6.98. The van der Waals surface area contributed by atoms with E-state index in [-0.39, 0.29) is 5.41 Å². The van der Waals surface area contributed by atoms with Gasteiger partial charge in [-0.15, -0.1) is 0 Å². The minimum absolute atomic E-state index is 0.0946. The molecule has 1 aliphatic carbocycles. The minimum atomic E-state index is -0.0946. The number of rotatable bonds is 6. The summed E-state index contributed by atoms with van der Waals surface area (Å²) in [7, 11) is 0. The number of hydrogen-bond acceptors (Lipinski definition) is 6. The summed E-state index contributed by atoms with van der Waals surface area (Å²) in [6, 6.07) is 81.3. The Kier molecular flexibility index (Phi) is 9.05. The van der Waals surface area contributed by atoms with Crippen molar-refractivity contribution in [3.8, 4) is 73.2 Å². The molecule has 0 amide bonds. The van der Waals surface area contributed by atoms with Gasteiger partial charge < -0.3 is 17.8 Å². The van der Waals surface area contributed by atoms with Gasteiger partial charge in [-0.3, -0.25) is 0 Å². The Hall–Kier alpha value is -10.4. The van der Waals surface area contributed by atoms with E-state index in [9.17, 15) is 0 Å². The molecule has 1 aliphatic rings. The smallest absolute Gasteiger partial charge is 0.164 e. The van der Waals surface area contributed by atoms with E-state index in [2.05, 4.69) is 182 Å². The summed E-state index contributed by atoms with van der Waals surface area (Å²) in [5.41, 5.74) is 20.4. The quantitative estimate of drug-likeness (QED) is 0.165. The second kappa shape index (κ2) is 16.3. The molecule has 7 heteroatoms. The molecule has 0 atom stereocenters. The highest BCUT2D eigenvalue weighted by Gasteiger charge is 2.37. The molecule has 0 spiro atoms. The van der Waals surface area contributed by atoms with Gasteiger partial charge in [-0.2, -0.15) is 0 Å². The molecule has 0 unspecified atom stereocenters. The lowest BCUT2D eigenvalue weighted by Gasteiger charge is -2.21. The zero-order valence-electron chi connectivity index (χ0n) is 43.0. The van der Waals surface area contributed by atoms with E-state index in [1.165, 1.54) is 49.7 Å². The molecule has 7 nitrogen and oxygen atoms in total. The van der Waals surface area contributed by atoms with Crippen LogP contribution in [-0.2, 0) is 5.41 Å². The van der Waals surface area contributed by atoms with Crippen LogP contribution in [0.1, 0.15) is 25.0 Å². The number of aromatic nitrogens is 4. The molecule has 0 saturated carbocycles. The van der Waals surface area contributed by atoms with Crippen LogP contribution in [0.5, 0.6) is 0 Å². The van der Waals surface area contributed by atoms with Crippen LogP contribution >= 0.6 is 0 Å². The van der Waals surface area contributed by atoms with Crippen molar-refractivity contribution in [3.05, 3.63) is 242 Å². The Morgan fingerprint density at radius 2 is 0.899 bits per heavy atom. The summed E-state index contributed by atoms with van der Waals surface area (Å²) in [6.45, 7) is 4.69. The van der Waals surface area contributed by atoms with E-state index < -0.39 is 0 Å². The van der Waals surface area contributed by atoms with Crippen molar-refractivity contribution in [1.29, 1.82) is 0 Å². The van der Waals surface area contributed by atoms with Gasteiger partial charge in [0, 0.05) is 76.3 Å². The summed E-state index contributed by atoms with van der Waals surface area (Å²) < 4.78 is 22.4. The molecular formula is C72H44N4O3. The van der Waals surface area contributed by atoms with Gasteiger partial charge >= 0.3 is 0 Å². The SMILES string of the molecule is CC1(C)c2ccccc2-c2c(-n3c4ccccc4c4cc(-c5ccc6c(c5)oc5c(-c7ccc8oc9cccc(-c%10nc(-c%11ccccc%11)nc(-c%11ccc%12c(c%11)oc%11ccccc%11%12)n%10)c9c8c7)cccc56)ccc43)cccc21. The highest BCUT2D eigenvalue weighted by Crippen LogP contribution is 2.52. The maximum Gasteiger partial charge on any atom is 0.164 e. The van der Waals surface area contributed by atoms with Crippen LogP contribution in [0.25, 0.3) is 161 Å². The lowest BCUT2D eigenvalue weighted by Crippen LogP contribution is -2.14. The van der Waals surface area contributed by atoms with Crippen LogP contribution < -0.4 is 0 Å². The van der Waals surface area contributed by atoms with Crippen molar-refractivity contribution >= 4 is 87.6 Å². The molecule has 370 valence electrons. The minimum Gasteiger partial charge on any atom is -0.456 e. The molecule has 0 bridgehead atoms. The fourth-order valence-corrected chi connectivity index (χ4v) is 12.9. The third kappa shape index (κ3) is 6.44. The number of benzene rings is 11.